The lowest BCUT2D eigenvalue weighted by Gasteiger charge is -2.16. The van der Waals surface area contributed by atoms with Crippen LogP contribution in [0, 0.1) is 0 Å². The molecular weight excluding hydrogens is 339 g/mol. The first kappa shape index (κ1) is 20.5. The molecule has 1 aromatic rings. The van der Waals surface area contributed by atoms with Gasteiger partial charge in [-0.05, 0) is 42.5 Å². The van der Waals surface area contributed by atoms with Crippen molar-refractivity contribution in [2.45, 2.75) is 25.6 Å². The third-order valence-electron chi connectivity index (χ3n) is 3.36. The van der Waals surface area contributed by atoms with Crippen LogP contribution >= 0.6 is 11.8 Å². The number of methoxy groups -OCH3 is 1. The standard InChI is InChI=1S/C16H24F3N3OS/c1-20-15(21-8-4-5-9-24-3)22-11-12-6-7-13(23-2)10-14(12)16(17,18)19/h6-7,10H,4-5,8-9,11H2,1-3H3,(H2,20,21,22). The normalized spacial score (nSPS) is 12.2. The molecule has 0 aliphatic heterocycles. The average molecular weight is 363 g/mol. The summed E-state index contributed by atoms with van der Waals surface area (Å²) < 4.78 is 44.4. The highest BCUT2D eigenvalue weighted by Crippen LogP contribution is 2.34. The summed E-state index contributed by atoms with van der Waals surface area (Å²) in [6.07, 6.45) is -0.304. The number of alkyl halides is 3. The number of thioether (sulfide) groups is 1. The molecule has 8 heteroatoms. The second kappa shape index (κ2) is 10.3. The minimum atomic E-state index is -4.43. The van der Waals surface area contributed by atoms with Gasteiger partial charge in [0.2, 0.25) is 0 Å². The van der Waals surface area contributed by atoms with Crippen molar-refractivity contribution in [2.75, 3.05) is 32.7 Å². The van der Waals surface area contributed by atoms with Crippen LogP contribution in [0.3, 0.4) is 0 Å². The van der Waals surface area contributed by atoms with Gasteiger partial charge in [0, 0.05) is 20.1 Å². The number of hydrogen-bond donors (Lipinski definition) is 2. The summed E-state index contributed by atoms with van der Waals surface area (Å²) in [6.45, 7) is 0.762. The summed E-state index contributed by atoms with van der Waals surface area (Å²) in [7, 11) is 2.94. The molecule has 4 nitrogen and oxygen atoms in total. The van der Waals surface area contributed by atoms with E-state index in [2.05, 4.69) is 21.9 Å². The number of nitrogens with one attached hydrogen (secondary N) is 2. The van der Waals surface area contributed by atoms with E-state index in [4.69, 9.17) is 4.74 Å². The molecule has 1 aromatic carbocycles. The molecule has 0 heterocycles. The Morgan fingerprint density at radius 3 is 2.58 bits per heavy atom. The van der Waals surface area contributed by atoms with Crippen LogP contribution in [0.5, 0.6) is 5.75 Å². The van der Waals surface area contributed by atoms with Crippen molar-refractivity contribution < 1.29 is 17.9 Å². The molecule has 0 radical (unpaired) electrons. The monoisotopic (exact) mass is 363 g/mol. The van der Waals surface area contributed by atoms with E-state index >= 15 is 0 Å². The molecule has 0 amide bonds. The van der Waals surface area contributed by atoms with Gasteiger partial charge in [-0.15, -0.1) is 0 Å². The molecule has 24 heavy (non-hydrogen) atoms. The van der Waals surface area contributed by atoms with Crippen molar-refractivity contribution in [3.63, 3.8) is 0 Å². The number of guanidine groups is 1. The Morgan fingerprint density at radius 1 is 1.25 bits per heavy atom. The average Bonchev–Trinajstić information content (AvgIpc) is 2.56. The minimum Gasteiger partial charge on any atom is -0.497 e. The van der Waals surface area contributed by atoms with Crippen molar-refractivity contribution in [3.8, 4) is 5.75 Å². The van der Waals surface area contributed by atoms with Gasteiger partial charge < -0.3 is 15.4 Å². The summed E-state index contributed by atoms with van der Waals surface area (Å²) in [5, 5.41) is 6.02. The Kier molecular flexibility index (Phi) is 8.81. The highest BCUT2D eigenvalue weighted by atomic mass is 32.2. The lowest BCUT2D eigenvalue weighted by molar-refractivity contribution is -0.138. The van der Waals surface area contributed by atoms with Gasteiger partial charge in [0.15, 0.2) is 5.96 Å². The largest absolute Gasteiger partial charge is 0.497 e. The van der Waals surface area contributed by atoms with Gasteiger partial charge in [-0.25, -0.2) is 0 Å². The summed E-state index contributed by atoms with van der Waals surface area (Å²) in [6, 6.07) is 3.95. The van der Waals surface area contributed by atoms with Crippen LogP contribution in [0.25, 0.3) is 0 Å². The molecule has 0 saturated heterocycles. The number of ether oxygens (including phenoxy) is 1. The molecule has 0 bridgehead atoms. The minimum absolute atomic E-state index is 0.0311. The van der Waals surface area contributed by atoms with Crippen LogP contribution in [-0.2, 0) is 12.7 Å². The van der Waals surface area contributed by atoms with Gasteiger partial charge in [0.05, 0.1) is 12.7 Å². The summed E-state index contributed by atoms with van der Waals surface area (Å²) in [5.74, 6) is 1.76. The zero-order chi connectivity index (χ0) is 18.0. The highest BCUT2D eigenvalue weighted by Gasteiger charge is 2.33. The molecule has 2 N–H and O–H groups in total. The number of benzene rings is 1. The van der Waals surface area contributed by atoms with Crippen molar-refractivity contribution in [1.29, 1.82) is 0 Å². The van der Waals surface area contributed by atoms with Crippen LogP contribution in [0.1, 0.15) is 24.0 Å². The fourth-order valence-corrected chi connectivity index (χ4v) is 2.57. The Hall–Kier alpha value is -1.57. The zero-order valence-electron chi connectivity index (χ0n) is 14.2. The Bertz CT molecular complexity index is 536. The summed E-state index contributed by atoms with van der Waals surface area (Å²) in [5.41, 5.74) is -0.557. The van der Waals surface area contributed by atoms with Crippen molar-refractivity contribution in [2.24, 2.45) is 4.99 Å². The number of nitrogens with zero attached hydrogens (tertiary/aromatic N) is 1. The zero-order valence-corrected chi connectivity index (χ0v) is 15.0. The molecule has 0 aliphatic rings. The van der Waals surface area contributed by atoms with E-state index in [1.54, 1.807) is 18.8 Å². The second-order valence-corrected chi connectivity index (χ2v) is 6.06. The quantitative estimate of drug-likeness (QED) is 0.421. The number of halogens is 3. The summed E-state index contributed by atoms with van der Waals surface area (Å²) >= 11 is 1.79. The van der Waals surface area contributed by atoms with E-state index in [0.717, 1.165) is 31.2 Å². The molecule has 0 saturated carbocycles. The second-order valence-electron chi connectivity index (χ2n) is 5.07. The molecule has 0 spiro atoms. The van der Waals surface area contributed by atoms with Gasteiger partial charge in [-0.2, -0.15) is 24.9 Å². The maximum Gasteiger partial charge on any atom is 0.416 e. The Labute approximate surface area is 145 Å². The van der Waals surface area contributed by atoms with Crippen LogP contribution < -0.4 is 15.4 Å². The smallest absolute Gasteiger partial charge is 0.416 e. The van der Waals surface area contributed by atoms with Crippen LogP contribution in [0.2, 0.25) is 0 Å². The lowest BCUT2D eigenvalue weighted by Crippen LogP contribution is -2.37. The third-order valence-corrected chi connectivity index (χ3v) is 4.06. The molecule has 0 atom stereocenters. The first-order valence-electron chi connectivity index (χ1n) is 7.60. The van der Waals surface area contributed by atoms with Gasteiger partial charge in [0.1, 0.15) is 5.75 Å². The van der Waals surface area contributed by atoms with Crippen LogP contribution in [0.4, 0.5) is 13.2 Å². The van der Waals surface area contributed by atoms with E-state index in [1.807, 2.05) is 0 Å². The Morgan fingerprint density at radius 2 is 2.00 bits per heavy atom. The molecular formula is C16H24F3N3OS. The fourth-order valence-electron chi connectivity index (χ4n) is 2.08. The third kappa shape index (κ3) is 6.90. The maximum atomic E-state index is 13.2. The SMILES string of the molecule is CN=C(NCCCCSC)NCc1ccc(OC)cc1C(F)(F)F. The topological polar surface area (TPSA) is 45.7 Å². The van der Waals surface area contributed by atoms with Gasteiger partial charge in [0.25, 0.3) is 0 Å². The first-order chi connectivity index (χ1) is 11.4. The summed E-state index contributed by atoms with van der Waals surface area (Å²) in [4.78, 5) is 4.03. The van der Waals surface area contributed by atoms with E-state index in [9.17, 15) is 13.2 Å². The predicted molar refractivity (Wildman–Crippen MR) is 93.8 cm³/mol. The lowest BCUT2D eigenvalue weighted by atomic mass is 10.1. The van der Waals surface area contributed by atoms with Gasteiger partial charge in [-0.1, -0.05) is 6.07 Å². The number of unbranched alkanes of at least 4 members (excludes halogenated alkanes) is 1. The highest BCUT2D eigenvalue weighted by molar-refractivity contribution is 7.98. The van der Waals surface area contributed by atoms with E-state index in [1.165, 1.54) is 19.2 Å². The van der Waals surface area contributed by atoms with Gasteiger partial charge >= 0.3 is 6.18 Å². The fraction of sp³-hybridized carbons (Fsp3) is 0.562. The van der Waals surface area contributed by atoms with E-state index < -0.39 is 11.7 Å². The molecule has 0 aliphatic carbocycles. The number of aliphatic imine (C=N–C) groups is 1. The predicted octanol–water partition coefficient (Wildman–Crippen LogP) is 3.52. The maximum absolute atomic E-state index is 13.2. The van der Waals surface area contributed by atoms with Crippen LogP contribution in [0.15, 0.2) is 23.2 Å². The molecule has 1 rings (SSSR count). The first-order valence-corrected chi connectivity index (χ1v) is 8.99. The van der Waals surface area contributed by atoms with Gasteiger partial charge in [-0.3, -0.25) is 4.99 Å². The van der Waals surface area contributed by atoms with Crippen molar-refractivity contribution in [1.82, 2.24) is 10.6 Å². The number of hydrogen-bond acceptors (Lipinski definition) is 3. The van der Waals surface area contributed by atoms with E-state index in [-0.39, 0.29) is 17.9 Å². The molecule has 0 aromatic heterocycles. The van der Waals surface area contributed by atoms with Crippen molar-refractivity contribution >= 4 is 17.7 Å². The van der Waals surface area contributed by atoms with Crippen molar-refractivity contribution in [3.05, 3.63) is 29.3 Å². The van der Waals surface area contributed by atoms with Crippen LogP contribution in [-0.4, -0.2) is 38.7 Å². The molecule has 136 valence electrons. The van der Waals surface area contributed by atoms with E-state index in [0.29, 0.717) is 5.96 Å². The molecule has 0 fully saturated rings. The molecule has 0 unspecified atom stereocenters. The number of rotatable bonds is 8. The Balaban J connectivity index is 2.65.